The Balaban J connectivity index is 0.000000886. The van der Waals surface area contributed by atoms with Gasteiger partial charge >= 0.3 is 11.4 Å². The molecule has 0 aliphatic rings. The van der Waals surface area contributed by atoms with Gasteiger partial charge in [0, 0.05) is 6.20 Å². The van der Waals surface area contributed by atoms with Gasteiger partial charge in [0.15, 0.2) is 17.3 Å². The molecule has 3 N–H and O–H groups in total. The Kier molecular flexibility index (Phi) is 36.9. The topological polar surface area (TPSA) is 354 Å². The minimum absolute atomic E-state index is 0.000552. The van der Waals surface area contributed by atoms with E-state index in [0.29, 0.717) is 111 Å². The first-order valence-corrected chi connectivity index (χ1v) is 21.9. The lowest BCUT2D eigenvalue weighted by atomic mass is 10.5. The summed E-state index contributed by atoms with van der Waals surface area (Å²) in [4.78, 5) is 50.9. The Bertz CT molecular complexity index is 1830. The number of nitrogen functional groups attached to an aromatic ring is 1. The molecule has 66 heavy (non-hydrogen) atoms. The van der Waals surface area contributed by atoms with Crippen molar-refractivity contribution in [2.24, 2.45) is 0 Å². The predicted molar refractivity (Wildman–Crippen MR) is 231 cm³/mol. The van der Waals surface area contributed by atoms with Crippen LogP contribution in [-0.4, -0.2) is 197 Å². The number of rotatable bonds is 36. The maximum Gasteiger partial charge on any atom is 0.306 e. The lowest BCUT2D eigenvalue weighted by Crippen LogP contribution is -2.14. The number of aromatic amines is 1. The van der Waals surface area contributed by atoms with Crippen molar-refractivity contribution in [1.82, 2.24) is 29.8 Å². The van der Waals surface area contributed by atoms with Crippen LogP contribution in [0.15, 0.2) is 37.2 Å². The maximum atomic E-state index is 10.6. The fourth-order valence-electron chi connectivity index (χ4n) is 3.94. The number of H-pyrrole nitrogens is 1. The minimum Gasteiger partial charge on any atom is -0.396 e. The van der Waals surface area contributed by atoms with Crippen LogP contribution in [0, 0.1) is 20.2 Å². The molecule has 0 saturated carbocycles. The number of hydrogen-bond donors (Lipinski definition) is 2. The number of carbonyl (C=O) groups excluding carboxylic acids is 3. The van der Waals surface area contributed by atoms with Crippen LogP contribution < -0.4 is 5.73 Å². The van der Waals surface area contributed by atoms with Gasteiger partial charge in [-0.1, -0.05) is 0 Å². The third kappa shape index (κ3) is 41.5. The third-order valence-corrected chi connectivity index (χ3v) is 7.38. The van der Waals surface area contributed by atoms with E-state index in [9.17, 15) is 43.0 Å². The van der Waals surface area contributed by atoms with Gasteiger partial charge in [-0.25, -0.2) is 0 Å². The number of ketones is 3. The highest BCUT2D eigenvalue weighted by Gasteiger charge is 2.08. The van der Waals surface area contributed by atoms with Crippen LogP contribution in [0.2, 0.25) is 0 Å². The van der Waals surface area contributed by atoms with E-state index in [1.54, 1.807) is 17.1 Å². The zero-order valence-electron chi connectivity index (χ0n) is 37.7. The van der Waals surface area contributed by atoms with Gasteiger partial charge in [-0.05, 0) is 20.8 Å². The van der Waals surface area contributed by atoms with Crippen molar-refractivity contribution in [3.8, 4) is 0 Å². The smallest absolute Gasteiger partial charge is 0.306 e. The highest BCUT2D eigenvalue weighted by atomic mass is 32.2. The lowest BCUT2D eigenvalue weighted by Gasteiger charge is -2.06. The Morgan fingerprint density at radius 1 is 0.576 bits per heavy atom. The number of Topliss-reactive ketones (excluding diaryl/α,β-unsaturated/α-hetero) is 3. The molecule has 0 radical (unpaired) electrons. The molecular weight excluding hydrogens is 907 g/mol. The van der Waals surface area contributed by atoms with E-state index in [4.69, 9.17) is 48.4 Å². The van der Waals surface area contributed by atoms with Gasteiger partial charge in [-0.3, -0.25) is 53.3 Å². The van der Waals surface area contributed by atoms with Gasteiger partial charge in [0.2, 0.25) is 0 Å². The van der Waals surface area contributed by atoms with Crippen LogP contribution in [0.4, 0.5) is 17.1 Å². The molecule has 376 valence electrons. The van der Waals surface area contributed by atoms with Gasteiger partial charge in [-0.15, -0.1) is 0 Å². The summed E-state index contributed by atoms with van der Waals surface area (Å²) in [7, 11) is -3.39. The number of ether oxygens (including phenoxy) is 9. The molecule has 0 aliphatic heterocycles. The van der Waals surface area contributed by atoms with Crippen molar-refractivity contribution in [2.45, 2.75) is 33.9 Å². The van der Waals surface area contributed by atoms with Gasteiger partial charge in [0.1, 0.15) is 38.4 Å². The number of nitrogens with two attached hydrogens (primary N) is 1. The number of nitro groups is 2. The van der Waals surface area contributed by atoms with Crippen molar-refractivity contribution in [2.75, 3.05) is 138 Å². The molecule has 0 saturated heterocycles. The molecule has 0 amide bonds. The van der Waals surface area contributed by atoms with Crippen LogP contribution in [-0.2, 0) is 84.4 Å². The lowest BCUT2D eigenvalue weighted by molar-refractivity contribution is -0.385. The normalized spacial score (nSPS) is 10.8. The average Bonchev–Trinajstić information content (AvgIpc) is 4.05. The number of nitrogens with zero attached hydrogens (tertiary/aromatic N) is 7. The monoisotopic (exact) mass is 969 g/mol. The standard InChI is InChI=1S/C12H19N3O6.C12H21N3O4.C10H20O7S.C3H3N3O2/c1-11(16)10-21-7-6-20-5-4-19-3-2-14-9-12(8-13-14)15(17)18;1-11(16)10-19-7-6-18-5-4-17-3-2-15-9-12(13)8-14-15;1-10(11)9-16-6-5-14-3-4-15-7-8-17-18(2,12)13;7-6(8)3-1-4-5-2-3/h8-9H,2-7,10H2,1H3;8-9H,2-7,10,13H2,1H3;3-9H2,1-2H3;1-2H,(H,4,5). The van der Waals surface area contributed by atoms with E-state index in [2.05, 4.69) is 24.6 Å². The van der Waals surface area contributed by atoms with Crippen LogP contribution in [0.1, 0.15) is 20.8 Å². The molecule has 0 spiro atoms. The van der Waals surface area contributed by atoms with Crippen molar-refractivity contribution >= 4 is 44.5 Å². The molecule has 0 bridgehead atoms. The van der Waals surface area contributed by atoms with Gasteiger partial charge in [-0.2, -0.15) is 23.7 Å². The zero-order chi connectivity index (χ0) is 49.3. The number of aromatic nitrogens is 6. The predicted octanol–water partition coefficient (Wildman–Crippen LogP) is 0.454. The molecule has 0 aliphatic carbocycles. The molecule has 29 heteroatoms. The van der Waals surface area contributed by atoms with Crippen LogP contribution in [0.5, 0.6) is 0 Å². The third-order valence-electron chi connectivity index (χ3n) is 6.78. The molecule has 3 heterocycles. The molecule has 0 aromatic carbocycles. The summed E-state index contributed by atoms with van der Waals surface area (Å²) in [6.45, 7) is 12.0. The van der Waals surface area contributed by atoms with Crippen molar-refractivity contribution in [3.63, 3.8) is 0 Å². The van der Waals surface area contributed by atoms with Gasteiger partial charge < -0.3 is 48.4 Å². The zero-order valence-corrected chi connectivity index (χ0v) is 38.5. The SMILES string of the molecule is CC(=O)COCCOCCOCCOS(C)(=O)=O.CC(=O)COCCOCCOCCn1cc(N)cn1.CC(=O)COCCOCCOCCn1cc([N+](=O)[O-])cn1.O=[N+]([O-])c1cn[nH]c1. The first kappa shape index (κ1) is 60.8. The molecular formula is C37H63N9O19S. The number of anilines is 1. The average molecular weight is 970 g/mol. The molecule has 28 nitrogen and oxygen atoms in total. The second-order valence-electron chi connectivity index (χ2n) is 12.9. The fraction of sp³-hybridized carbons (Fsp3) is 0.676. The Morgan fingerprint density at radius 3 is 1.24 bits per heavy atom. The summed E-state index contributed by atoms with van der Waals surface area (Å²) in [5.41, 5.74) is 6.13. The highest BCUT2D eigenvalue weighted by Crippen LogP contribution is 2.07. The molecule has 0 atom stereocenters. The van der Waals surface area contributed by atoms with Crippen molar-refractivity contribution in [3.05, 3.63) is 57.4 Å². The first-order chi connectivity index (χ1) is 31.5. The summed E-state index contributed by atoms with van der Waals surface area (Å²) in [6, 6.07) is 0. The molecule has 3 rings (SSSR count). The molecule has 3 aromatic rings. The quantitative estimate of drug-likeness (QED) is 0.0346. The van der Waals surface area contributed by atoms with Crippen molar-refractivity contribution in [1.29, 1.82) is 0 Å². The molecule has 0 fully saturated rings. The summed E-state index contributed by atoms with van der Waals surface area (Å²) in [5, 5.41) is 33.8. The van der Waals surface area contributed by atoms with Gasteiger partial charge in [0.25, 0.3) is 10.1 Å². The van der Waals surface area contributed by atoms with Gasteiger partial charge in [0.05, 0.1) is 153 Å². The van der Waals surface area contributed by atoms with Crippen LogP contribution in [0.3, 0.4) is 0 Å². The second-order valence-corrected chi connectivity index (χ2v) is 14.6. The molecule has 3 aromatic heterocycles. The Morgan fingerprint density at radius 2 is 0.939 bits per heavy atom. The summed E-state index contributed by atoms with van der Waals surface area (Å²) >= 11 is 0. The number of carbonyl (C=O) groups is 3. The maximum absolute atomic E-state index is 10.6. The summed E-state index contributed by atoms with van der Waals surface area (Å²) in [5.74, 6) is -0.0241. The van der Waals surface area contributed by atoms with Crippen molar-refractivity contribution < 1.29 is 79.5 Å². The van der Waals surface area contributed by atoms with E-state index in [0.717, 1.165) is 12.5 Å². The Hall–Kier alpha value is -5.21. The highest BCUT2D eigenvalue weighted by molar-refractivity contribution is 7.85. The van der Waals surface area contributed by atoms with E-state index in [-0.39, 0.29) is 61.8 Å². The summed E-state index contributed by atoms with van der Waals surface area (Å²) in [6.07, 6.45) is 9.27. The second kappa shape index (κ2) is 40.1. The van der Waals surface area contributed by atoms with E-state index in [1.165, 1.54) is 44.0 Å². The molecule has 0 unspecified atom stereocenters. The largest absolute Gasteiger partial charge is 0.396 e. The van der Waals surface area contributed by atoms with E-state index >= 15 is 0 Å². The van der Waals surface area contributed by atoms with Crippen LogP contribution in [0.25, 0.3) is 0 Å². The number of hydrogen-bond acceptors (Lipinski definition) is 23. The van der Waals surface area contributed by atoms with Crippen LogP contribution >= 0.6 is 0 Å². The minimum atomic E-state index is -3.39. The van der Waals surface area contributed by atoms with E-state index in [1.807, 2.05) is 0 Å². The Labute approximate surface area is 381 Å². The van der Waals surface area contributed by atoms with E-state index < -0.39 is 20.0 Å². The number of nitrogens with one attached hydrogen (secondary N) is 1. The fourth-order valence-corrected chi connectivity index (χ4v) is 4.31. The summed E-state index contributed by atoms with van der Waals surface area (Å²) < 4.78 is 75.2. The first-order valence-electron chi connectivity index (χ1n) is 20.1.